The van der Waals surface area contributed by atoms with Crippen molar-refractivity contribution in [3.63, 3.8) is 0 Å². The summed E-state index contributed by atoms with van der Waals surface area (Å²) >= 11 is 0. The maximum absolute atomic E-state index is 5.31. The molecular formula is C107H66N12. The van der Waals surface area contributed by atoms with E-state index in [4.69, 9.17) is 34.9 Å². The number of para-hydroxylation sites is 8. The van der Waals surface area contributed by atoms with E-state index in [0.717, 1.165) is 145 Å². The molecular weight excluding hydrogens is 1450 g/mol. The number of benzene rings is 16. The molecule has 0 fully saturated rings. The first-order valence-electron chi connectivity index (χ1n) is 39.9. The Bertz CT molecular complexity index is 7820. The minimum absolute atomic E-state index is 0.649. The van der Waals surface area contributed by atoms with Crippen LogP contribution in [-0.4, -0.2) is 44.9 Å². The second kappa shape index (κ2) is 28.4. The molecule has 0 spiro atoms. The minimum Gasteiger partial charge on any atom is -0.278 e. The molecule has 0 unspecified atom stereocenters. The second-order valence-electron chi connectivity index (χ2n) is 29.9. The van der Waals surface area contributed by atoms with E-state index in [9.17, 15) is 0 Å². The molecule has 0 radical (unpaired) electrons. The molecule has 0 N–H and O–H groups in total. The number of aromatic nitrogens is 9. The first-order chi connectivity index (χ1) is 59.0. The molecule has 0 saturated carbocycles. The van der Waals surface area contributed by atoms with Crippen LogP contribution >= 0.6 is 0 Å². The molecule has 0 atom stereocenters. The van der Waals surface area contributed by atoms with Crippen molar-refractivity contribution in [2.75, 3.05) is 14.7 Å². The quantitative estimate of drug-likeness (QED) is 0.144. The van der Waals surface area contributed by atoms with Gasteiger partial charge >= 0.3 is 0 Å². The normalized spacial score (nSPS) is 12.2. The largest absolute Gasteiger partial charge is 0.278 e. The monoisotopic (exact) mass is 1520 g/mol. The zero-order valence-corrected chi connectivity index (χ0v) is 64.0. The van der Waals surface area contributed by atoms with E-state index in [1.807, 2.05) is 79.3 Å². The summed E-state index contributed by atoms with van der Waals surface area (Å²) in [6, 6.07) is 133. The Morgan fingerprint density at radius 2 is 0.479 bits per heavy atom. The van der Waals surface area contributed by atoms with Crippen LogP contribution in [0.25, 0.3) is 176 Å². The summed E-state index contributed by atoms with van der Waals surface area (Å²) in [5, 5.41) is 12.5. The van der Waals surface area contributed by atoms with Crippen LogP contribution in [0.4, 0.5) is 52.0 Å². The SMILES string of the molecule is c1ccc(-c2ccc(-c3nc(N4c5ccccc5-c5cccc6cccc4c56)nc4ccccc34)cc2)nc1.c1ccc2c(c1)-c1cccc3cccc(c13)N2c1nc(-c2ccc(-c3cccc4cccnc34)cc2)c2ccccc2n1.c1ccc2c(c1)-c1cccc3cccc(c13)N2c1nc(-c2cccc3cccnc23)c2ccccc2n1. The van der Waals surface area contributed by atoms with Gasteiger partial charge in [0.05, 0.1) is 84.5 Å². The van der Waals surface area contributed by atoms with Crippen molar-refractivity contribution >= 4 is 139 Å². The lowest BCUT2D eigenvalue weighted by Crippen LogP contribution is -2.18. The molecule has 3 aliphatic rings. The van der Waals surface area contributed by atoms with Gasteiger partial charge in [-0.25, -0.2) is 29.9 Å². The van der Waals surface area contributed by atoms with Crippen LogP contribution in [-0.2, 0) is 0 Å². The van der Waals surface area contributed by atoms with Gasteiger partial charge in [0.25, 0.3) is 0 Å². The van der Waals surface area contributed by atoms with E-state index in [2.05, 4.69) is 346 Å². The number of rotatable bonds is 8. The van der Waals surface area contributed by atoms with E-state index in [-0.39, 0.29) is 0 Å². The second-order valence-corrected chi connectivity index (χ2v) is 29.9. The van der Waals surface area contributed by atoms with Crippen molar-refractivity contribution in [1.82, 2.24) is 44.9 Å². The summed E-state index contributed by atoms with van der Waals surface area (Å²) in [5.74, 6) is 1.97. The fourth-order valence-corrected chi connectivity index (χ4v) is 17.8. The third-order valence-electron chi connectivity index (χ3n) is 23.2. The van der Waals surface area contributed by atoms with E-state index in [1.54, 1.807) is 0 Å². The first-order valence-corrected chi connectivity index (χ1v) is 39.9. The molecule has 0 saturated heterocycles. The molecule has 0 bridgehead atoms. The Balaban J connectivity index is 0.000000105. The van der Waals surface area contributed by atoms with Gasteiger partial charge in [-0.15, -0.1) is 0 Å². The van der Waals surface area contributed by atoms with Gasteiger partial charge in [-0.05, 0) is 117 Å². The summed E-state index contributed by atoms with van der Waals surface area (Å²) in [5.41, 5.74) is 28.5. The third kappa shape index (κ3) is 11.6. The summed E-state index contributed by atoms with van der Waals surface area (Å²) in [6.45, 7) is 0. The number of nitrogens with zero attached hydrogens (tertiary/aromatic N) is 12. The van der Waals surface area contributed by atoms with Crippen LogP contribution < -0.4 is 14.7 Å². The molecule has 25 rings (SSSR count). The Kier molecular flexibility index (Phi) is 16.3. The lowest BCUT2D eigenvalue weighted by molar-refractivity contribution is 1.11. The number of hydrogen-bond donors (Lipinski definition) is 0. The van der Waals surface area contributed by atoms with Crippen molar-refractivity contribution in [2.24, 2.45) is 0 Å². The molecule has 6 aromatic heterocycles. The predicted molar refractivity (Wildman–Crippen MR) is 488 cm³/mol. The number of fused-ring (bicyclic) bond motifs is 11. The summed E-state index contributed by atoms with van der Waals surface area (Å²) in [7, 11) is 0. The van der Waals surface area contributed by atoms with Gasteiger partial charge in [-0.3, -0.25) is 29.7 Å². The molecule has 9 heterocycles. The molecule has 22 aromatic rings. The standard InChI is InChI=1S/C39H24N4.C35H22N4.C33H20N4/c1-3-17-33-32(14-1)38(28-22-20-25(21-23-28)29-15-6-11-27-12-8-24-40-37(27)29)42-39(41-33)43-34-18-4-2-13-30(34)31-16-5-9-26-10-7-19-35(43)36(26)31;1-3-15-30-28(12-1)34(25-20-18-23(19-21-25)29-14-5-6-22-36-29)38-35(37-30)39-31-16-4-2-11-26(31)27-13-7-9-24-10-8-17-32(39)33(24)27;1-3-17-27-25(14-1)32(26-16-6-11-22-12-8-20-34-31(22)26)36-33(35-27)37-28-18-4-2-13-23(28)24-15-5-9-21-10-7-19-29(37)30(21)24/h1-24H;1-22H;1-20H. The lowest BCUT2D eigenvalue weighted by Gasteiger charge is -2.32. The number of pyridine rings is 3. The predicted octanol–water partition coefficient (Wildman–Crippen LogP) is 27.5. The molecule has 554 valence electrons. The molecule has 12 nitrogen and oxygen atoms in total. The summed E-state index contributed by atoms with van der Waals surface area (Å²) in [6.07, 6.45) is 5.52. The van der Waals surface area contributed by atoms with Crippen LogP contribution in [0, 0.1) is 0 Å². The van der Waals surface area contributed by atoms with Crippen molar-refractivity contribution in [3.8, 4) is 89.5 Å². The highest BCUT2D eigenvalue weighted by molar-refractivity contribution is 6.17. The first kappa shape index (κ1) is 68.3. The number of hydrogen-bond acceptors (Lipinski definition) is 12. The van der Waals surface area contributed by atoms with Gasteiger partial charge in [-0.2, -0.15) is 0 Å². The van der Waals surface area contributed by atoms with Crippen molar-refractivity contribution in [2.45, 2.75) is 0 Å². The van der Waals surface area contributed by atoms with E-state index in [0.29, 0.717) is 17.8 Å². The van der Waals surface area contributed by atoms with Gasteiger partial charge in [0, 0.05) is 106 Å². The highest BCUT2D eigenvalue weighted by atomic mass is 15.3. The lowest BCUT2D eigenvalue weighted by atomic mass is 9.91. The molecule has 119 heavy (non-hydrogen) atoms. The van der Waals surface area contributed by atoms with Gasteiger partial charge in [0.1, 0.15) is 0 Å². The molecule has 0 amide bonds. The number of anilines is 9. The highest BCUT2D eigenvalue weighted by Crippen LogP contribution is 2.55. The average Bonchev–Trinajstić information content (AvgIpc) is 0.730. The Labute approximate surface area is 684 Å². The van der Waals surface area contributed by atoms with E-state index >= 15 is 0 Å². The average molecular weight is 1520 g/mol. The smallest absolute Gasteiger partial charge is 0.235 e. The summed E-state index contributed by atoms with van der Waals surface area (Å²) < 4.78 is 0. The molecule has 12 heteroatoms. The van der Waals surface area contributed by atoms with Crippen LogP contribution in [0.1, 0.15) is 0 Å². The van der Waals surface area contributed by atoms with Crippen molar-refractivity contribution in [3.05, 3.63) is 401 Å². The molecule has 16 aromatic carbocycles. The maximum Gasteiger partial charge on any atom is 0.235 e. The van der Waals surface area contributed by atoms with E-state index < -0.39 is 0 Å². The van der Waals surface area contributed by atoms with Crippen LogP contribution in [0.15, 0.2) is 401 Å². The van der Waals surface area contributed by atoms with E-state index in [1.165, 1.54) is 65.7 Å². The maximum atomic E-state index is 5.31. The highest BCUT2D eigenvalue weighted by Gasteiger charge is 2.33. The van der Waals surface area contributed by atoms with Crippen LogP contribution in [0.2, 0.25) is 0 Å². The fourth-order valence-electron chi connectivity index (χ4n) is 17.8. The van der Waals surface area contributed by atoms with Gasteiger partial charge < -0.3 is 0 Å². The fraction of sp³-hybridized carbons (Fsp3) is 0. The van der Waals surface area contributed by atoms with Crippen molar-refractivity contribution in [1.29, 1.82) is 0 Å². The zero-order chi connectivity index (χ0) is 78.4. The topological polar surface area (TPSA) is 126 Å². The Morgan fingerprint density at radius 1 is 0.176 bits per heavy atom. The summed E-state index contributed by atoms with van der Waals surface area (Å²) in [4.78, 5) is 51.8. The zero-order valence-electron chi connectivity index (χ0n) is 64.0. The molecule has 0 aliphatic carbocycles. The minimum atomic E-state index is 0.649. The van der Waals surface area contributed by atoms with Gasteiger partial charge in [0.2, 0.25) is 17.8 Å². The Morgan fingerprint density at radius 3 is 0.908 bits per heavy atom. The Hall–Kier alpha value is -16.3. The van der Waals surface area contributed by atoms with Crippen LogP contribution in [0.3, 0.4) is 0 Å². The van der Waals surface area contributed by atoms with Crippen molar-refractivity contribution < 1.29 is 0 Å². The third-order valence-corrected chi connectivity index (χ3v) is 23.2. The van der Waals surface area contributed by atoms with Gasteiger partial charge in [-0.1, -0.05) is 303 Å². The van der Waals surface area contributed by atoms with Gasteiger partial charge in [0.15, 0.2) is 0 Å². The van der Waals surface area contributed by atoms with Crippen LogP contribution in [0.5, 0.6) is 0 Å². The molecule has 3 aliphatic heterocycles.